The number of carbonyl (C=O) groups excluding carboxylic acids is 1. The Kier molecular flexibility index (Phi) is 9.54. The predicted octanol–water partition coefficient (Wildman–Crippen LogP) is 3.70. The van der Waals surface area contributed by atoms with Crippen LogP contribution in [0.15, 0.2) is 60.7 Å². The van der Waals surface area contributed by atoms with Gasteiger partial charge in [0.1, 0.15) is 18.5 Å². The van der Waals surface area contributed by atoms with Crippen molar-refractivity contribution in [3.8, 4) is 5.75 Å². The van der Waals surface area contributed by atoms with E-state index in [1.54, 1.807) is 43.3 Å². The molecule has 2 aromatic rings. The van der Waals surface area contributed by atoms with Crippen LogP contribution in [0.2, 0.25) is 0 Å². The summed E-state index contributed by atoms with van der Waals surface area (Å²) in [5.74, 6) is -0.602. The van der Waals surface area contributed by atoms with Crippen molar-refractivity contribution in [2.45, 2.75) is 26.1 Å². The van der Waals surface area contributed by atoms with Crippen LogP contribution in [-0.2, 0) is 14.3 Å². The fourth-order valence-electron chi connectivity index (χ4n) is 2.76. The van der Waals surface area contributed by atoms with E-state index in [9.17, 15) is 9.59 Å². The first-order valence-electron chi connectivity index (χ1n) is 9.83. The van der Waals surface area contributed by atoms with Crippen molar-refractivity contribution in [2.24, 2.45) is 0 Å². The van der Waals surface area contributed by atoms with Crippen LogP contribution in [0, 0.1) is 6.92 Å². The summed E-state index contributed by atoms with van der Waals surface area (Å²) in [5, 5.41) is 20.5. The summed E-state index contributed by atoms with van der Waals surface area (Å²) in [5.41, 5.74) is 2.20. The Morgan fingerprint density at radius 2 is 1.77 bits per heavy atom. The van der Waals surface area contributed by atoms with Crippen LogP contribution in [0.4, 0.5) is 10.5 Å². The monoisotopic (exact) mass is 429 g/mol. The van der Waals surface area contributed by atoms with E-state index in [4.69, 9.17) is 24.4 Å². The third-order valence-electron chi connectivity index (χ3n) is 4.19. The van der Waals surface area contributed by atoms with Gasteiger partial charge in [-0.3, -0.25) is 5.32 Å². The molecule has 2 atom stereocenters. The van der Waals surface area contributed by atoms with Crippen LogP contribution in [0.25, 0.3) is 0 Å². The number of carboxylic acids is 1. The highest BCUT2D eigenvalue weighted by Gasteiger charge is 2.26. The minimum Gasteiger partial charge on any atom is -0.491 e. The number of carbonyl (C=O) groups is 2. The summed E-state index contributed by atoms with van der Waals surface area (Å²) in [6.45, 7) is 4.02. The molecule has 166 valence electrons. The summed E-state index contributed by atoms with van der Waals surface area (Å²) in [7, 11) is 0. The van der Waals surface area contributed by atoms with Crippen molar-refractivity contribution in [3.05, 3.63) is 71.8 Å². The van der Waals surface area contributed by atoms with Gasteiger partial charge >= 0.3 is 12.1 Å². The molecule has 8 heteroatoms. The van der Waals surface area contributed by atoms with Crippen molar-refractivity contribution in [2.75, 3.05) is 25.1 Å². The number of carboxylic acid groups (broad SMARTS) is 1. The van der Waals surface area contributed by atoms with Gasteiger partial charge in [-0.1, -0.05) is 29.8 Å². The quantitative estimate of drug-likeness (QED) is 0.467. The molecule has 31 heavy (non-hydrogen) atoms. The first-order valence-corrected chi connectivity index (χ1v) is 9.83. The molecular weight excluding hydrogens is 402 g/mol. The maximum Gasteiger partial charge on any atom is 0.412 e. The van der Waals surface area contributed by atoms with Crippen molar-refractivity contribution < 1.29 is 34.0 Å². The molecule has 0 bridgehead atoms. The number of aliphatic carboxylic acids is 1. The first kappa shape index (κ1) is 23.9. The number of aliphatic hydroxyl groups excluding tert-OH is 1. The third kappa shape index (κ3) is 8.12. The molecular formula is C23H27NO7. The minimum atomic E-state index is -1.14. The molecule has 0 saturated carbocycles. The Labute approximate surface area is 181 Å². The van der Waals surface area contributed by atoms with E-state index in [0.717, 1.165) is 11.6 Å². The van der Waals surface area contributed by atoms with Gasteiger partial charge < -0.3 is 24.4 Å². The minimum absolute atomic E-state index is 0.112. The molecule has 0 radical (unpaired) electrons. The summed E-state index contributed by atoms with van der Waals surface area (Å²) in [4.78, 5) is 23.6. The maximum absolute atomic E-state index is 12.6. The van der Waals surface area contributed by atoms with Crippen LogP contribution in [-0.4, -0.2) is 48.2 Å². The lowest BCUT2D eigenvalue weighted by molar-refractivity contribution is -0.131. The fourth-order valence-corrected chi connectivity index (χ4v) is 2.76. The number of benzene rings is 2. The summed E-state index contributed by atoms with van der Waals surface area (Å²) in [6.07, 6.45) is -0.149. The average Bonchev–Trinajstić information content (AvgIpc) is 2.75. The van der Waals surface area contributed by atoms with Crippen molar-refractivity contribution in [1.29, 1.82) is 0 Å². The van der Waals surface area contributed by atoms with Crippen LogP contribution >= 0.6 is 0 Å². The van der Waals surface area contributed by atoms with E-state index >= 15 is 0 Å². The molecule has 0 heterocycles. The molecule has 0 saturated heterocycles. The van der Waals surface area contributed by atoms with E-state index in [1.807, 2.05) is 19.1 Å². The van der Waals surface area contributed by atoms with E-state index in [-0.39, 0.29) is 19.8 Å². The first-order chi connectivity index (χ1) is 14.9. The molecule has 1 amide bonds. The Morgan fingerprint density at radius 3 is 2.35 bits per heavy atom. The lowest BCUT2D eigenvalue weighted by Crippen LogP contribution is -2.27. The topological polar surface area (TPSA) is 114 Å². The zero-order valence-corrected chi connectivity index (χ0v) is 17.5. The number of aryl methyl sites for hydroxylation is 1. The second-order valence-electron chi connectivity index (χ2n) is 6.58. The van der Waals surface area contributed by atoms with E-state index in [2.05, 4.69) is 5.32 Å². The van der Waals surface area contributed by atoms with Crippen LogP contribution in [0.5, 0.6) is 5.75 Å². The zero-order chi connectivity index (χ0) is 22.6. The Bertz CT molecular complexity index is 862. The molecule has 0 spiro atoms. The molecule has 0 aliphatic rings. The van der Waals surface area contributed by atoms with E-state index in [0.29, 0.717) is 17.0 Å². The maximum atomic E-state index is 12.6. The van der Waals surface area contributed by atoms with Gasteiger partial charge in [-0.05, 0) is 49.8 Å². The number of nitrogens with one attached hydrogen (secondary N) is 1. The highest BCUT2D eigenvalue weighted by Crippen LogP contribution is 2.27. The fraction of sp³-hybridized carbons (Fsp3) is 0.304. The number of anilines is 1. The van der Waals surface area contributed by atoms with Gasteiger partial charge in [0.15, 0.2) is 6.10 Å². The van der Waals surface area contributed by atoms with Gasteiger partial charge in [0.05, 0.1) is 6.61 Å². The highest BCUT2D eigenvalue weighted by molar-refractivity contribution is 5.84. The van der Waals surface area contributed by atoms with Crippen LogP contribution < -0.4 is 10.1 Å². The molecule has 2 aromatic carbocycles. The number of hydrogen-bond acceptors (Lipinski definition) is 6. The lowest BCUT2D eigenvalue weighted by atomic mass is 10.0. The smallest absolute Gasteiger partial charge is 0.412 e. The second-order valence-corrected chi connectivity index (χ2v) is 6.58. The predicted molar refractivity (Wildman–Crippen MR) is 115 cm³/mol. The van der Waals surface area contributed by atoms with Crippen molar-refractivity contribution in [3.63, 3.8) is 0 Å². The average molecular weight is 429 g/mol. The van der Waals surface area contributed by atoms with Gasteiger partial charge in [0.25, 0.3) is 0 Å². The Balaban J connectivity index is 2.25. The molecule has 0 fully saturated rings. The van der Waals surface area contributed by atoms with Gasteiger partial charge in [0, 0.05) is 18.4 Å². The van der Waals surface area contributed by atoms with Gasteiger partial charge in [-0.2, -0.15) is 0 Å². The van der Waals surface area contributed by atoms with Gasteiger partial charge in [0.2, 0.25) is 0 Å². The largest absolute Gasteiger partial charge is 0.491 e. The van der Waals surface area contributed by atoms with E-state index in [1.165, 1.54) is 6.08 Å². The van der Waals surface area contributed by atoms with Gasteiger partial charge in [-0.25, -0.2) is 9.59 Å². The summed E-state index contributed by atoms with van der Waals surface area (Å²) < 4.78 is 16.6. The zero-order valence-electron chi connectivity index (χ0n) is 17.5. The number of rotatable bonds is 11. The summed E-state index contributed by atoms with van der Waals surface area (Å²) >= 11 is 0. The summed E-state index contributed by atoms with van der Waals surface area (Å²) in [6, 6.07) is 13.9. The number of ether oxygens (including phenoxy) is 3. The molecule has 0 aromatic heterocycles. The molecule has 0 unspecified atom stereocenters. The third-order valence-corrected chi connectivity index (χ3v) is 4.19. The van der Waals surface area contributed by atoms with Crippen LogP contribution in [0.1, 0.15) is 24.2 Å². The normalized spacial score (nSPS) is 12.9. The van der Waals surface area contributed by atoms with Crippen molar-refractivity contribution >= 4 is 17.7 Å². The highest BCUT2D eigenvalue weighted by atomic mass is 16.6. The molecule has 2 rings (SSSR count). The second kappa shape index (κ2) is 12.4. The van der Waals surface area contributed by atoms with Crippen LogP contribution in [0.3, 0.4) is 0 Å². The lowest BCUT2D eigenvalue weighted by Gasteiger charge is -2.25. The number of aliphatic hydroxyl groups is 1. The molecule has 0 aliphatic carbocycles. The van der Waals surface area contributed by atoms with Crippen molar-refractivity contribution in [1.82, 2.24) is 0 Å². The SMILES string of the molecule is CCO[C@H](/C=C/C(=O)O)[C@H](OC(=O)Nc1ccc(C)cc1)c1ccc(OCCO)cc1. The number of amides is 1. The standard InChI is InChI=1S/C23H27NO7/c1-3-29-20(12-13-21(26)27)22(17-6-10-19(11-7-17)30-15-14-25)31-23(28)24-18-8-4-16(2)5-9-18/h4-13,20,22,25H,3,14-15H2,1-2H3,(H,24,28)(H,26,27)/b13-12+/t20-,22-/m1/s1. The number of hydrogen-bond donors (Lipinski definition) is 3. The molecule has 0 aliphatic heterocycles. The molecule has 8 nitrogen and oxygen atoms in total. The van der Waals surface area contributed by atoms with Gasteiger partial charge in [-0.15, -0.1) is 0 Å². The Hall–Kier alpha value is -3.36. The van der Waals surface area contributed by atoms with E-state index < -0.39 is 24.3 Å². The Morgan fingerprint density at radius 1 is 1.10 bits per heavy atom. The molecule has 3 N–H and O–H groups in total.